The summed E-state index contributed by atoms with van der Waals surface area (Å²) >= 11 is 0. The van der Waals surface area contributed by atoms with Gasteiger partial charge < -0.3 is 10.1 Å². The number of alkyl halides is 2. The van der Waals surface area contributed by atoms with Gasteiger partial charge in [0.1, 0.15) is 5.75 Å². The Morgan fingerprint density at radius 1 is 1.18 bits per heavy atom. The van der Waals surface area contributed by atoms with Gasteiger partial charge in [0, 0.05) is 11.7 Å². The number of benzene rings is 1. The van der Waals surface area contributed by atoms with Crippen LogP contribution in [-0.2, 0) is 0 Å². The first-order valence-corrected chi connectivity index (χ1v) is 5.84. The topological polar surface area (TPSA) is 21.3 Å². The fourth-order valence-corrected chi connectivity index (χ4v) is 1.49. The summed E-state index contributed by atoms with van der Waals surface area (Å²) in [6, 6.07) is 6.92. The van der Waals surface area contributed by atoms with Crippen molar-refractivity contribution in [3.05, 3.63) is 24.3 Å². The third-order valence-corrected chi connectivity index (χ3v) is 2.97. The van der Waals surface area contributed by atoms with E-state index in [1.54, 1.807) is 12.1 Å². The molecule has 2 nitrogen and oxygen atoms in total. The third-order valence-electron chi connectivity index (χ3n) is 2.97. The van der Waals surface area contributed by atoms with Gasteiger partial charge in [-0.05, 0) is 37.1 Å². The summed E-state index contributed by atoms with van der Waals surface area (Å²) in [5.74, 6) is 0.744. The van der Waals surface area contributed by atoms with Crippen molar-refractivity contribution < 1.29 is 13.5 Å². The van der Waals surface area contributed by atoms with E-state index >= 15 is 0 Å². The monoisotopic (exact) mass is 243 g/mol. The quantitative estimate of drug-likeness (QED) is 0.811. The molecular weight excluding hydrogens is 224 g/mol. The van der Waals surface area contributed by atoms with Crippen LogP contribution >= 0.6 is 0 Å². The standard InChI is InChI=1S/C13H19F2NO/c1-4-9(2)10(3)16-11-5-7-12(8-6-11)17-13(14)15/h5-10,13,16H,4H2,1-3H3. The number of nitrogens with one attached hydrogen (secondary N) is 1. The average molecular weight is 243 g/mol. The highest BCUT2D eigenvalue weighted by atomic mass is 19.3. The predicted molar refractivity (Wildman–Crippen MR) is 65.6 cm³/mol. The van der Waals surface area contributed by atoms with Gasteiger partial charge in [-0.25, -0.2) is 0 Å². The van der Waals surface area contributed by atoms with Crippen LogP contribution < -0.4 is 10.1 Å². The van der Waals surface area contributed by atoms with E-state index in [9.17, 15) is 8.78 Å². The van der Waals surface area contributed by atoms with Crippen molar-refractivity contribution in [2.24, 2.45) is 5.92 Å². The molecule has 0 amide bonds. The highest BCUT2D eigenvalue weighted by Crippen LogP contribution is 2.20. The van der Waals surface area contributed by atoms with Crippen molar-refractivity contribution in [1.29, 1.82) is 0 Å². The number of hydrogen-bond acceptors (Lipinski definition) is 2. The lowest BCUT2D eigenvalue weighted by atomic mass is 10.0. The number of hydrogen-bond donors (Lipinski definition) is 1. The first kappa shape index (κ1) is 13.7. The minimum atomic E-state index is -2.77. The molecule has 0 aliphatic heterocycles. The number of anilines is 1. The minimum absolute atomic E-state index is 0.182. The van der Waals surface area contributed by atoms with Crippen molar-refractivity contribution in [3.63, 3.8) is 0 Å². The summed E-state index contributed by atoms with van der Waals surface area (Å²) in [5, 5.41) is 3.33. The molecule has 0 aliphatic carbocycles. The van der Waals surface area contributed by atoms with Crippen LogP contribution in [0.4, 0.5) is 14.5 Å². The smallest absolute Gasteiger partial charge is 0.387 e. The first-order valence-electron chi connectivity index (χ1n) is 5.84. The summed E-state index contributed by atoms with van der Waals surface area (Å²) in [4.78, 5) is 0. The van der Waals surface area contributed by atoms with Crippen LogP contribution in [0.25, 0.3) is 0 Å². The Balaban J connectivity index is 2.56. The lowest BCUT2D eigenvalue weighted by Crippen LogP contribution is -2.23. The lowest BCUT2D eigenvalue weighted by molar-refractivity contribution is -0.0498. The second-order valence-electron chi connectivity index (χ2n) is 4.22. The average Bonchev–Trinajstić information content (AvgIpc) is 2.30. The highest BCUT2D eigenvalue weighted by Gasteiger charge is 2.10. The molecule has 1 N–H and O–H groups in total. The molecule has 0 fully saturated rings. The van der Waals surface area contributed by atoms with Crippen LogP contribution in [0.5, 0.6) is 5.75 Å². The van der Waals surface area contributed by atoms with Crippen molar-refractivity contribution >= 4 is 5.69 Å². The maximum atomic E-state index is 11.9. The predicted octanol–water partition coefficient (Wildman–Crippen LogP) is 4.13. The SMILES string of the molecule is CCC(C)C(C)Nc1ccc(OC(F)F)cc1. The number of rotatable bonds is 6. The maximum absolute atomic E-state index is 11.9. The molecule has 1 rings (SSSR count). The molecule has 0 aliphatic rings. The van der Waals surface area contributed by atoms with Gasteiger partial charge in [-0.2, -0.15) is 8.78 Å². The van der Waals surface area contributed by atoms with E-state index in [2.05, 4.69) is 30.8 Å². The number of halogens is 2. The van der Waals surface area contributed by atoms with Crippen molar-refractivity contribution in [1.82, 2.24) is 0 Å². The summed E-state index contributed by atoms with van der Waals surface area (Å²) in [6.45, 7) is 3.65. The normalized spacial score (nSPS) is 14.5. The molecule has 0 heterocycles. The Hall–Kier alpha value is -1.32. The van der Waals surface area contributed by atoms with Crippen LogP contribution in [-0.4, -0.2) is 12.7 Å². The molecular formula is C13H19F2NO. The van der Waals surface area contributed by atoms with Crippen molar-refractivity contribution in [2.75, 3.05) is 5.32 Å². The molecule has 1 aromatic carbocycles. The van der Waals surface area contributed by atoms with E-state index in [1.165, 1.54) is 12.1 Å². The van der Waals surface area contributed by atoms with Crippen LogP contribution in [0.15, 0.2) is 24.3 Å². The molecule has 0 saturated heterocycles. The van der Waals surface area contributed by atoms with E-state index in [0.717, 1.165) is 12.1 Å². The van der Waals surface area contributed by atoms with Crippen LogP contribution in [0, 0.1) is 5.92 Å². The Kier molecular flexibility index (Phi) is 5.19. The van der Waals surface area contributed by atoms with E-state index in [0.29, 0.717) is 12.0 Å². The van der Waals surface area contributed by atoms with Gasteiger partial charge in [-0.15, -0.1) is 0 Å². The van der Waals surface area contributed by atoms with Crippen LogP contribution in [0.1, 0.15) is 27.2 Å². The number of ether oxygens (including phenoxy) is 1. The van der Waals surface area contributed by atoms with E-state index < -0.39 is 6.61 Å². The molecule has 0 bridgehead atoms. The maximum Gasteiger partial charge on any atom is 0.387 e. The summed E-state index contributed by atoms with van der Waals surface area (Å²) in [5.41, 5.74) is 0.916. The lowest BCUT2D eigenvalue weighted by Gasteiger charge is -2.21. The second kappa shape index (κ2) is 6.42. The molecule has 2 unspecified atom stereocenters. The van der Waals surface area contributed by atoms with Crippen LogP contribution in [0.3, 0.4) is 0 Å². The first-order chi connectivity index (χ1) is 8.02. The molecule has 0 aromatic heterocycles. The van der Waals surface area contributed by atoms with E-state index in [4.69, 9.17) is 0 Å². The highest BCUT2D eigenvalue weighted by molar-refractivity contribution is 5.47. The summed E-state index contributed by atoms with van der Waals surface area (Å²) in [7, 11) is 0. The summed E-state index contributed by atoms with van der Waals surface area (Å²) < 4.78 is 28.2. The van der Waals surface area contributed by atoms with Crippen molar-refractivity contribution in [2.45, 2.75) is 39.8 Å². The Bertz CT molecular complexity index is 327. The van der Waals surface area contributed by atoms with Gasteiger partial charge in [0.25, 0.3) is 0 Å². The summed E-state index contributed by atoms with van der Waals surface area (Å²) in [6.07, 6.45) is 1.10. The van der Waals surface area contributed by atoms with Gasteiger partial charge in [0.05, 0.1) is 0 Å². The third kappa shape index (κ3) is 4.59. The largest absolute Gasteiger partial charge is 0.435 e. The van der Waals surface area contributed by atoms with E-state index in [1.807, 2.05) is 0 Å². The Morgan fingerprint density at radius 3 is 2.24 bits per heavy atom. The molecule has 2 atom stereocenters. The van der Waals surface area contributed by atoms with Crippen molar-refractivity contribution in [3.8, 4) is 5.75 Å². The molecule has 0 saturated carbocycles. The Labute approximate surface area is 101 Å². The molecule has 0 spiro atoms. The zero-order valence-electron chi connectivity index (χ0n) is 10.4. The molecule has 0 radical (unpaired) electrons. The molecule has 1 aromatic rings. The zero-order valence-corrected chi connectivity index (χ0v) is 10.4. The van der Waals surface area contributed by atoms with Gasteiger partial charge in [0.2, 0.25) is 0 Å². The molecule has 96 valence electrons. The van der Waals surface area contributed by atoms with E-state index in [-0.39, 0.29) is 5.75 Å². The van der Waals surface area contributed by atoms with Gasteiger partial charge >= 0.3 is 6.61 Å². The fraction of sp³-hybridized carbons (Fsp3) is 0.538. The van der Waals surface area contributed by atoms with Crippen LogP contribution in [0.2, 0.25) is 0 Å². The Morgan fingerprint density at radius 2 is 1.76 bits per heavy atom. The zero-order chi connectivity index (χ0) is 12.8. The van der Waals surface area contributed by atoms with Gasteiger partial charge in [-0.3, -0.25) is 0 Å². The molecule has 17 heavy (non-hydrogen) atoms. The van der Waals surface area contributed by atoms with Gasteiger partial charge in [-0.1, -0.05) is 20.3 Å². The fourth-order valence-electron chi connectivity index (χ4n) is 1.49. The second-order valence-corrected chi connectivity index (χ2v) is 4.22. The molecule has 4 heteroatoms. The van der Waals surface area contributed by atoms with Gasteiger partial charge in [0.15, 0.2) is 0 Å². The minimum Gasteiger partial charge on any atom is -0.435 e.